The van der Waals surface area contributed by atoms with Crippen molar-refractivity contribution in [3.05, 3.63) is 41.1 Å². The summed E-state index contributed by atoms with van der Waals surface area (Å²) in [5.74, 6) is -0.861. The molecule has 1 aromatic carbocycles. The van der Waals surface area contributed by atoms with E-state index in [0.29, 0.717) is 0 Å². The molecule has 7 heteroatoms. The van der Waals surface area contributed by atoms with Crippen LogP contribution in [-0.4, -0.2) is 62.3 Å². The van der Waals surface area contributed by atoms with Crippen molar-refractivity contribution in [2.24, 2.45) is 0 Å². The number of aliphatic hydroxyl groups excluding tert-OH is 1. The molecule has 1 aliphatic rings. The molecule has 0 saturated heterocycles. The maximum absolute atomic E-state index is 12.4. The predicted molar refractivity (Wildman–Crippen MR) is 90.4 cm³/mol. The van der Waals surface area contributed by atoms with Gasteiger partial charge in [-0.2, -0.15) is 0 Å². The number of hydrogen-bond donors (Lipinski definition) is 3. The highest BCUT2D eigenvalue weighted by molar-refractivity contribution is 6.08. The number of carbonyl (C=O) groups is 2. The highest BCUT2D eigenvalue weighted by Gasteiger charge is 2.34. The Morgan fingerprint density at radius 3 is 2.62 bits per heavy atom. The topological polar surface area (TPSA) is 90.9 Å². The number of methoxy groups -OCH3 is 1. The van der Waals surface area contributed by atoms with Gasteiger partial charge in [0.15, 0.2) is 0 Å². The first-order valence-corrected chi connectivity index (χ1v) is 7.82. The van der Waals surface area contributed by atoms with Crippen molar-refractivity contribution in [1.82, 2.24) is 10.2 Å². The van der Waals surface area contributed by atoms with Crippen molar-refractivity contribution >= 4 is 17.6 Å². The Hall–Kier alpha value is -2.38. The molecule has 24 heavy (non-hydrogen) atoms. The van der Waals surface area contributed by atoms with Gasteiger partial charge in [-0.3, -0.25) is 4.79 Å². The molecule has 0 radical (unpaired) electrons. The van der Waals surface area contributed by atoms with Crippen LogP contribution in [0.4, 0.5) is 5.69 Å². The number of hydrogen-bond acceptors (Lipinski definition) is 6. The maximum atomic E-state index is 12.4. The van der Waals surface area contributed by atoms with E-state index >= 15 is 0 Å². The number of amides is 1. The quantitative estimate of drug-likeness (QED) is 0.586. The molecule has 3 N–H and O–H groups in total. The van der Waals surface area contributed by atoms with Crippen LogP contribution in [0.3, 0.4) is 0 Å². The zero-order valence-corrected chi connectivity index (χ0v) is 14.0. The number of likely N-dealkylation sites (N-methyl/N-ethyl adjacent to an activating group) is 1. The van der Waals surface area contributed by atoms with E-state index < -0.39 is 5.97 Å². The average molecular weight is 333 g/mol. The summed E-state index contributed by atoms with van der Waals surface area (Å²) in [5, 5.41) is 15.2. The molecule has 0 aromatic heterocycles. The molecule has 0 bridgehead atoms. The van der Waals surface area contributed by atoms with E-state index in [4.69, 9.17) is 9.84 Å². The number of benzene rings is 1. The molecule has 1 aromatic rings. The lowest BCUT2D eigenvalue weighted by atomic mass is 10.1. The molecular formula is C17H23N3O4. The number of rotatable bonds is 8. The summed E-state index contributed by atoms with van der Waals surface area (Å²) in [4.78, 5) is 25.7. The van der Waals surface area contributed by atoms with Crippen LogP contribution >= 0.6 is 0 Å². The summed E-state index contributed by atoms with van der Waals surface area (Å²) in [5.41, 5.74) is 2.38. The SMILES string of the molecule is CNCCc1ccc(NC2=C(C(=O)OC)CN(CCO)C2=O)cc1. The minimum atomic E-state index is -0.545. The van der Waals surface area contributed by atoms with Gasteiger partial charge in [0, 0.05) is 12.2 Å². The Balaban J connectivity index is 2.17. The monoisotopic (exact) mass is 333 g/mol. The molecule has 0 fully saturated rings. The van der Waals surface area contributed by atoms with Crippen molar-refractivity contribution in [2.45, 2.75) is 6.42 Å². The number of ether oxygens (including phenoxy) is 1. The molecule has 7 nitrogen and oxygen atoms in total. The fourth-order valence-corrected chi connectivity index (χ4v) is 2.52. The summed E-state index contributed by atoms with van der Waals surface area (Å²) in [7, 11) is 3.18. The van der Waals surface area contributed by atoms with E-state index in [2.05, 4.69) is 10.6 Å². The first kappa shape index (κ1) is 18.0. The molecule has 2 rings (SSSR count). The Morgan fingerprint density at radius 1 is 1.33 bits per heavy atom. The molecule has 0 unspecified atom stereocenters. The van der Waals surface area contributed by atoms with E-state index in [-0.39, 0.29) is 36.9 Å². The molecule has 1 aliphatic heterocycles. The van der Waals surface area contributed by atoms with Gasteiger partial charge >= 0.3 is 5.97 Å². The normalized spacial score (nSPS) is 14.3. The lowest BCUT2D eigenvalue weighted by Crippen LogP contribution is -2.31. The molecule has 0 spiro atoms. The van der Waals surface area contributed by atoms with Gasteiger partial charge in [0.25, 0.3) is 5.91 Å². The number of β-amino-alcohol motifs (C(OH)–C–C–N with tert-alkyl or cyclic N) is 1. The first-order valence-electron chi connectivity index (χ1n) is 7.82. The third-order valence-electron chi connectivity index (χ3n) is 3.84. The van der Waals surface area contributed by atoms with Crippen molar-refractivity contribution in [1.29, 1.82) is 0 Å². The van der Waals surface area contributed by atoms with Crippen LogP contribution in [0.25, 0.3) is 0 Å². The Bertz CT molecular complexity index is 625. The molecule has 0 aliphatic carbocycles. The van der Waals surface area contributed by atoms with E-state index in [0.717, 1.165) is 18.7 Å². The zero-order chi connectivity index (χ0) is 17.5. The van der Waals surface area contributed by atoms with Crippen LogP contribution in [-0.2, 0) is 20.7 Å². The largest absolute Gasteiger partial charge is 0.466 e. The number of anilines is 1. The third-order valence-corrected chi connectivity index (χ3v) is 3.84. The maximum Gasteiger partial charge on any atom is 0.337 e. The minimum Gasteiger partial charge on any atom is -0.466 e. The van der Waals surface area contributed by atoms with Crippen LogP contribution in [0.2, 0.25) is 0 Å². The Morgan fingerprint density at radius 2 is 2.04 bits per heavy atom. The third kappa shape index (κ3) is 4.12. The van der Waals surface area contributed by atoms with Crippen LogP contribution in [0.5, 0.6) is 0 Å². The van der Waals surface area contributed by atoms with Gasteiger partial charge in [0.2, 0.25) is 0 Å². The summed E-state index contributed by atoms with van der Waals surface area (Å²) < 4.78 is 4.76. The molecule has 0 atom stereocenters. The van der Waals surface area contributed by atoms with Gasteiger partial charge < -0.3 is 25.4 Å². The van der Waals surface area contributed by atoms with Gasteiger partial charge in [-0.15, -0.1) is 0 Å². The number of aliphatic hydroxyl groups is 1. The van der Waals surface area contributed by atoms with Crippen molar-refractivity contribution in [2.75, 3.05) is 45.7 Å². The minimum absolute atomic E-state index is 0.134. The second-order valence-corrected chi connectivity index (χ2v) is 5.47. The average Bonchev–Trinajstić information content (AvgIpc) is 2.90. The first-order chi connectivity index (χ1) is 11.6. The van der Waals surface area contributed by atoms with Gasteiger partial charge in [0.1, 0.15) is 5.70 Å². The van der Waals surface area contributed by atoms with Crippen LogP contribution in [0, 0.1) is 0 Å². The number of carbonyl (C=O) groups excluding carboxylic acids is 2. The van der Waals surface area contributed by atoms with Crippen molar-refractivity contribution < 1.29 is 19.4 Å². The Labute approximate surface area is 141 Å². The number of nitrogens with zero attached hydrogens (tertiary/aromatic N) is 1. The molecule has 0 saturated carbocycles. The Kier molecular flexibility index (Phi) is 6.34. The van der Waals surface area contributed by atoms with Crippen molar-refractivity contribution in [3.63, 3.8) is 0 Å². The highest BCUT2D eigenvalue weighted by atomic mass is 16.5. The number of esters is 1. The molecule has 1 heterocycles. The van der Waals surface area contributed by atoms with Gasteiger partial charge in [-0.1, -0.05) is 12.1 Å². The second-order valence-electron chi connectivity index (χ2n) is 5.47. The lowest BCUT2D eigenvalue weighted by Gasteiger charge is -2.15. The van der Waals surface area contributed by atoms with Gasteiger partial charge in [-0.05, 0) is 37.7 Å². The van der Waals surface area contributed by atoms with Gasteiger partial charge in [0.05, 0.1) is 25.8 Å². The van der Waals surface area contributed by atoms with E-state index in [1.807, 2.05) is 31.3 Å². The van der Waals surface area contributed by atoms with Crippen molar-refractivity contribution in [3.8, 4) is 0 Å². The smallest absolute Gasteiger partial charge is 0.337 e. The van der Waals surface area contributed by atoms with E-state index in [9.17, 15) is 9.59 Å². The van der Waals surface area contributed by atoms with Crippen LogP contribution in [0.1, 0.15) is 5.56 Å². The predicted octanol–water partition coefficient (Wildman–Crippen LogP) is 0.122. The summed E-state index contributed by atoms with van der Waals surface area (Å²) >= 11 is 0. The number of nitrogens with one attached hydrogen (secondary N) is 2. The summed E-state index contributed by atoms with van der Waals surface area (Å²) in [6.45, 7) is 1.04. The lowest BCUT2D eigenvalue weighted by molar-refractivity contribution is -0.136. The standard InChI is InChI=1S/C17H23N3O4/c1-18-8-7-12-3-5-13(6-4-12)19-15-14(17(23)24-2)11-20(9-10-21)16(15)22/h3-6,18-19,21H,7-11H2,1-2H3. The van der Waals surface area contributed by atoms with Crippen LogP contribution in [0.15, 0.2) is 35.5 Å². The summed E-state index contributed by atoms with van der Waals surface area (Å²) in [6, 6.07) is 7.69. The molecule has 1 amide bonds. The zero-order valence-electron chi connectivity index (χ0n) is 14.0. The summed E-state index contributed by atoms with van der Waals surface area (Å²) in [6.07, 6.45) is 0.913. The molecular weight excluding hydrogens is 310 g/mol. The molecule has 130 valence electrons. The van der Waals surface area contributed by atoms with E-state index in [1.165, 1.54) is 17.6 Å². The fourth-order valence-electron chi connectivity index (χ4n) is 2.52. The highest BCUT2D eigenvalue weighted by Crippen LogP contribution is 2.22. The van der Waals surface area contributed by atoms with Gasteiger partial charge in [-0.25, -0.2) is 4.79 Å². The van der Waals surface area contributed by atoms with Crippen LogP contribution < -0.4 is 10.6 Å². The van der Waals surface area contributed by atoms with E-state index in [1.54, 1.807) is 0 Å². The fraction of sp³-hybridized carbons (Fsp3) is 0.412. The second kappa shape index (κ2) is 8.47.